The maximum Gasteiger partial charge on any atom is 0.330 e. The van der Waals surface area contributed by atoms with Crippen LogP contribution in [0.1, 0.15) is 31.6 Å². The van der Waals surface area contributed by atoms with Gasteiger partial charge in [0.1, 0.15) is 0 Å². The number of esters is 1. The Morgan fingerprint density at radius 3 is 2.44 bits per heavy atom. The zero-order valence-electron chi connectivity index (χ0n) is 15.3. The van der Waals surface area contributed by atoms with E-state index in [9.17, 15) is 9.90 Å². The Bertz CT molecular complexity index is 698. The molecule has 0 aliphatic rings. The molecule has 0 spiro atoms. The van der Waals surface area contributed by atoms with E-state index in [4.69, 9.17) is 6.11 Å². The van der Waals surface area contributed by atoms with Crippen LogP contribution in [-0.4, -0.2) is 24.3 Å². The van der Waals surface area contributed by atoms with Crippen LogP contribution in [0, 0.1) is 0 Å². The Morgan fingerprint density at radius 1 is 1.16 bits per heavy atom. The molecule has 4 nitrogen and oxygen atoms in total. The molecule has 0 aliphatic heterocycles. The van der Waals surface area contributed by atoms with Crippen LogP contribution in [0.5, 0.6) is 0 Å². The van der Waals surface area contributed by atoms with Crippen molar-refractivity contribution in [1.82, 2.24) is 0 Å². The van der Waals surface area contributed by atoms with Crippen LogP contribution in [0.3, 0.4) is 0 Å². The third-order valence-corrected chi connectivity index (χ3v) is 3.75. The fourth-order valence-corrected chi connectivity index (χ4v) is 2.39. The number of carbonyl (C=O) groups excluding carboxylic acids is 1. The minimum atomic E-state index is -2.15. The lowest BCUT2D eigenvalue weighted by molar-refractivity contribution is -0.140. The number of benzene rings is 2. The van der Waals surface area contributed by atoms with Gasteiger partial charge in [-0.3, -0.25) is 0 Å². The molecule has 25 heavy (non-hydrogen) atoms. The SMILES string of the molecule is [2H][C@@](O)(O[C@@H](C/C=C/C(=O)OC)CCc1ccccc1)c1ccccc1. The monoisotopic (exact) mass is 341 g/mol. The van der Waals surface area contributed by atoms with Gasteiger partial charge >= 0.3 is 5.97 Å². The highest BCUT2D eigenvalue weighted by Gasteiger charge is 2.15. The van der Waals surface area contributed by atoms with Gasteiger partial charge in [0.2, 0.25) is 0 Å². The lowest BCUT2D eigenvalue weighted by Gasteiger charge is -2.21. The van der Waals surface area contributed by atoms with Crippen molar-refractivity contribution in [3.63, 3.8) is 0 Å². The second kappa shape index (κ2) is 10.4. The van der Waals surface area contributed by atoms with Crippen LogP contribution >= 0.6 is 0 Å². The van der Waals surface area contributed by atoms with Crippen molar-refractivity contribution in [2.75, 3.05) is 7.11 Å². The van der Waals surface area contributed by atoms with Gasteiger partial charge in [-0.2, -0.15) is 0 Å². The maximum absolute atomic E-state index is 11.2. The normalized spacial score (nSPS) is 15.4. The van der Waals surface area contributed by atoms with Gasteiger partial charge in [0.15, 0.2) is 6.27 Å². The van der Waals surface area contributed by atoms with Gasteiger partial charge in [0, 0.05) is 11.6 Å². The summed E-state index contributed by atoms with van der Waals surface area (Å²) in [5.74, 6) is -0.448. The van der Waals surface area contributed by atoms with Crippen LogP contribution in [0.2, 0.25) is 0 Å². The molecule has 2 aromatic rings. The first-order chi connectivity index (χ1) is 12.5. The molecule has 0 saturated heterocycles. The summed E-state index contributed by atoms with van der Waals surface area (Å²) in [6, 6.07) is 18.5. The van der Waals surface area contributed by atoms with E-state index in [-0.39, 0.29) is 0 Å². The largest absolute Gasteiger partial charge is 0.466 e. The molecule has 2 rings (SSSR count). The lowest BCUT2D eigenvalue weighted by Crippen LogP contribution is -2.17. The molecular formula is C21H24O4. The third kappa shape index (κ3) is 6.91. The maximum atomic E-state index is 11.2. The van der Waals surface area contributed by atoms with E-state index in [1.165, 1.54) is 13.2 Å². The lowest BCUT2D eigenvalue weighted by atomic mass is 10.0. The number of ether oxygens (including phenoxy) is 2. The summed E-state index contributed by atoms with van der Waals surface area (Å²) < 4.78 is 18.4. The molecule has 2 atom stereocenters. The minimum absolute atomic E-state index is 0.363. The second-order valence-electron chi connectivity index (χ2n) is 5.60. The van der Waals surface area contributed by atoms with Crippen molar-refractivity contribution in [1.29, 1.82) is 0 Å². The van der Waals surface area contributed by atoms with E-state index in [1.807, 2.05) is 36.4 Å². The van der Waals surface area contributed by atoms with Gasteiger partial charge in [0.25, 0.3) is 0 Å². The van der Waals surface area contributed by atoms with Crippen LogP contribution in [0.4, 0.5) is 0 Å². The fraction of sp³-hybridized carbons (Fsp3) is 0.286. The van der Waals surface area contributed by atoms with Crippen molar-refractivity contribution < 1.29 is 20.7 Å². The van der Waals surface area contributed by atoms with Gasteiger partial charge in [0.05, 0.1) is 14.6 Å². The first-order valence-electron chi connectivity index (χ1n) is 8.75. The number of methoxy groups -OCH3 is 1. The molecule has 2 aromatic carbocycles. The predicted octanol–water partition coefficient (Wildman–Crippen LogP) is 3.81. The van der Waals surface area contributed by atoms with Crippen molar-refractivity contribution in [2.45, 2.75) is 31.6 Å². The summed E-state index contributed by atoms with van der Waals surface area (Å²) in [4.78, 5) is 11.2. The van der Waals surface area contributed by atoms with Crippen molar-refractivity contribution in [3.8, 4) is 0 Å². The first-order valence-corrected chi connectivity index (χ1v) is 8.25. The van der Waals surface area contributed by atoms with E-state index in [1.54, 1.807) is 30.3 Å². The van der Waals surface area contributed by atoms with Crippen LogP contribution < -0.4 is 0 Å². The quantitative estimate of drug-likeness (QED) is 0.428. The number of carbonyl (C=O) groups is 1. The Hall–Kier alpha value is -2.43. The van der Waals surface area contributed by atoms with Crippen LogP contribution in [-0.2, 0) is 20.7 Å². The molecule has 0 heterocycles. The number of rotatable bonds is 9. The summed E-state index contributed by atoms with van der Waals surface area (Å²) in [5, 5.41) is 10.4. The van der Waals surface area contributed by atoms with Crippen LogP contribution in [0.15, 0.2) is 72.8 Å². The Balaban J connectivity index is 2.06. The highest BCUT2D eigenvalue weighted by atomic mass is 16.6. The zero-order chi connectivity index (χ0) is 18.8. The molecule has 0 saturated carbocycles. The molecule has 132 valence electrons. The zero-order valence-corrected chi connectivity index (χ0v) is 14.3. The second-order valence-corrected chi connectivity index (χ2v) is 5.60. The predicted molar refractivity (Wildman–Crippen MR) is 96.8 cm³/mol. The molecule has 0 radical (unpaired) electrons. The van der Waals surface area contributed by atoms with Crippen molar-refractivity contribution >= 4 is 5.97 Å². The average Bonchev–Trinajstić information content (AvgIpc) is 2.67. The molecule has 0 aliphatic carbocycles. The number of hydrogen-bond donors (Lipinski definition) is 1. The molecule has 0 amide bonds. The summed E-state index contributed by atoms with van der Waals surface area (Å²) >= 11 is 0. The molecule has 1 N–H and O–H groups in total. The molecular weight excluding hydrogens is 316 g/mol. The summed E-state index contributed by atoms with van der Waals surface area (Å²) in [7, 11) is 1.31. The smallest absolute Gasteiger partial charge is 0.330 e. The topological polar surface area (TPSA) is 55.8 Å². The molecule has 0 aromatic heterocycles. The Kier molecular flexibility index (Phi) is 7.26. The Labute approximate surface area is 150 Å². The number of hydrogen-bond acceptors (Lipinski definition) is 4. The Morgan fingerprint density at radius 2 is 1.80 bits per heavy atom. The summed E-state index contributed by atoms with van der Waals surface area (Å²) in [5.41, 5.74) is 1.51. The van der Waals surface area contributed by atoms with E-state index >= 15 is 0 Å². The number of aryl methyl sites for hydroxylation is 1. The fourth-order valence-electron chi connectivity index (χ4n) is 2.39. The first kappa shape index (κ1) is 17.4. The summed E-state index contributed by atoms with van der Waals surface area (Å²) in [6.07, 6.45) is 2.11. The molecule has 0 bridgehead atoms. The van der Waals surface area contributed by atoms with E-state index < -0.39 is 18.3 Å². The van der Waals surface area contributed by atoms with Gasteiger partial charge in [-0.15, -0.1) is 0 Å². The standard InChI is InChI=1S/C21H24O4/c1-24-20(22)14-8-13-19(16-15-17-9-4-2-5-10-17)25-21(23)18-11-6-3-7-12-18/h2-12,14,19,21,23H,13,15-16H2,1H3/b14-8+/t19-,21+/m0/s1/i21D. The highest BCUT2D eigenvalue weighted by molar-refractivity contribution is 5.81. The highest BCUT2D eigenvalue weighted by Crippen LogP contribution is 2.20. The average molecular weight is 341 g/mol. The molecule has 0 fully saturated rings. The number of aliphatic hydroxyl groups is 1. The molecule has 0 unspecified atom stereocenters. The van der Waals surface area contributed by atoms with Gasteiger partial charge in [-0.25, -0.2) is 4.79 Å². The van der Waals surface area contributed by atoms with Crippen molar-refractivity contribution in [2.24, 2.45) is 0 Å². The molecule has 4 heteroatoms. The van der Waals surface area contributed by atoms with E-state index in [0.29, 0.717) is 18.4 Å². The van der Waals surface area contributed by atoms with Gasteiger partial charge < -0.3 is 14.6 Å². The van der Waals surface area contributed by atoms with Gasteiger partial charge in [-0.05, 0) is 24.8 Å². The van der Waals surface area contributed by atoms with E-state index in [2.05, 4.69) is 4.74 Å². The van der Waals surface area contributed by atoms with Crippen LogP contribution in [0.25, 0.3) is 0 Å². The third-order valence-electron chi connectivity index (χ3n) is 3.75. The van der Waals surface area contributed by atoms with Gasteiger partial charge in [-0.1, -0.05) is 66.7 Å². The summed E-state index contributed by atoms with van der Waals surface area (Å²) in [6.45, 7) is 0. The minimum Gasteiger partial charge on any atom is -0.466 e. The van der Waals surface area contributed by atoms with E-state index in [0.717, 1.165) is 12.0 Å². The van der Waals surface area contributed by atoms with Crippen molar-refractivity contribution in [3.05, 3.63) is 83.9 Å².